The highest BCUT2D eigenvalue weighted by molar-refractivity contribution is 7.16. The van der Waals surface area contributed by atoms with E-state index in [4.69, 9.17) is 5.73 Å². The summed E-state index contributed by atoms with van der Waals surface area (Å²) in [6.45, 7) is 2.38. The van der Waals surface area contributed by atoms with Crippen molar-refractivity contribution < 1.29 is 4.79 Å². The number of hydrogen-bond acceptors (Lipinski definition) is 6. The Bertz CT molecular complexity index is 723. The highest BCUT2D eigenvalue weighted by Gasteiger charge is 2.36. The quantitative estimate of drug-likeness (QED) is 0.879. The molecule has 2 aromatic rings. The van der Waals surface area contributed by atoms with E-state index in [0.29, 0.717) is 6.54 Å². The second-order valence-corrected chi connectivity index (χ2v) is 7.27. The zero-order valence-corrected chi connectivity index (χ0v) is 15.1. The molecule has 2 atom stereocenters. The Morgan fingerprint density at radius 2 is 2.08 bits per heavy atom. The van der Waals surface area contributed by atoms with Gasteiger partial charge in [-0.25, -0.2) is 9.97 Å². The van der Waals surface area contributed by atoms with Gasteiger partial charge in [0, 0.05) is 25.7 Å². The van der Waals surface area contributed by atoms with Crippen LogP contribution in [-0.4, -0.2) is 52.5 Å². The van der Waals surface area contributed by atoms with E-state index in [1.54, 1.807) is 17.7 Å². The Kier molecular flexibility index (Phi) is 5.22. The van der Waals surface area contributed by atoms with Crippen molar-refractivity contribution in [2.45, 2.75) is 37.8 Å². The third kappa shape index (κ3) is 3.08. The summed E-state index contributed by atoms with van der Waals surface area (Å²) >= 11 is 1.61. The molecule has 0 saturated carbocycles. The van der Waals surface area contributed by atoms with E-state index >= 15 is 0 Å². The smallest absolute Gasteiger partial charge is 0.245 e. The molecule has 1 amide bonds. The van der Waals surface area contributed by atoms with Crippen molar-refractivity contribution >= 4 is 45.7 Å². The third-order valence-corrected chi connectivity index (χ3v) is 5.64. The van der Waals surface area contributed by atoms with E-state index in [1.807, 2.05) is 16.3 Å². The maximum absolute atomic E-state index is 13.0. The van der Waals surface area contributed by atoms with Crippen LogP contribution < -0.4 is 10.6 Å². The van der Waals surface area contributed by atoms with Gasteiger partial charge in [-0.2, -0.15) is 0 Å². The predicted molar refractivity (Wildman–Crippen MR) is 98.8 cm³/mol. The maximum atomic E-state index is 13.0. The molecule has 24 heavy (non-hydrogen) atoms. The first-order valence-electron chi connectivity index (χ1n) is 8.23. The van der Waals surface area contributed by atoms with Crippen LogP contribution in [0.3, 0.4) is 0 Å². The largest absolute Gasteiger partial charge is 0.344 e. The van der Waals surface area contributed by atoms with Gasteiger partial charge >= 0.3 is 0 Å². The normalized spacial score (nSPS) is 24.2. The third-order valence-electron chi connectivity index (χ3n) is 4.82. The number of amides is 1. The van der Waals surface area contributed by atoms with Gasteiger partial charge in [-0.1, -0.05) is 0 Å². The van der Waals surface area contributed by atoms with E-state index in [2.05, 4.69) is 14.9 Å². The van der Waals surface area contributed by atoms with Crippen LogP contribution in [0, 0.1) is 0 Å². The van der Waals surface area contributed by atoms with Gasteiger partial charge in [-0.15, -0.1) is 23.7 Å². The van der Waals surface area contributed by atoms with E-state index in [-0.39, 0.29) is 30.4 Å². The zero-order chi connectivity index (χ0) is 15.8. The highest BCUT2D eigenvalue weighted by atomic mass is 35.5. The Labute approximate surface area is 151 Å². The van der Waals surface area contributed by atoms with E-state index in [9.17, 15) is 4.79 Å². The van der Waals surface area contributed by atoms with Crippen molar-refractivity contribution in [3.05, 3.63) is 17.8 Å². The minimum Gasteiger partial charge on any atom is -0.344 e. The molecular formula is C16H22ClN5OS. The topological polar surface area (TPSA) is 75.3 Å². The number of thiophene rings is 1. The van der Waals surface area contributed by atoms with Crippen molar-refractivity contribution in [2.24, 2.45) is 5.73 Å². The first-order chi connectivity index (χ1) is 11.2. The summed E-state index contributed by atoms with van der Waals surface area (Å²) in [6.07, 6.45) is 5.53. The molecule has 4 rings (SSSR count). The number of nitrogens with zero attached hydrogens (tertiary/aromatic N) is 4. The maximum Gasteiger partial charge on any atom is 0.245 e. The van der Waals surface area contributed by atoms with Crippen molar-refractivity contribution in [1.82, 2.24) is 14.9 Å². The van der Waals surface area contributed by atoms with E-state index in [1.165, 1.54) is 0 Å². The summed E-state index contributed by atoms with van der Waals surface area (Å²) in [4.78, 5) is 26.9. The molecule has 0 radical (unpaired) electrons. The average molecular weight is 368 g/mol. The Morgan fingerprint density at radius 3 is 2.92 bits per heavy atom. The van der Waals surface area contributed by atoms with Crippen molar-refractivity contribution in [2.75, 3.05) is 24.5 Å². The van der Waals surface area contributed by atoms with Crippen molar-refractivity contribution in [1.29, 1.82) is 0 Å². The van der Waals surface area contributed by atoms with Crippen molar-refractivity contribution in [3.8, 4) is 0 Å². The van der Waals surface area contributed by atoms with Gasteiger partial charge in [-0.3, -0.25) is 4.79 Å². The molecule has 2 unspecified atom stereocenters. The van der Waals surface area contributed by atoms with Crippen LogP contribution in [0.25, 0.3) is 10.2 Å². The lowest BCUT2D eigenvalue weighted by atomic mass is 10.0. The SMILES string of the molecule is Cl.NC1CCCN(C(=O)C2CCCN2c2ncnc3sccc23)C1. The molecule has 2 aliphatic rings. The summed E-state index contributed by atoms with van der Waals surface area (Å²) in [6, 6.07) is 2.05. The van der Waals surface area contributed by atoms with Gasteiger partial charge in [0.05, 0.1) is 5.39 Å². The number of piperidine rings is 1. The molecule has 2 fully saturated rings. The van der Waals surface area contributed by atoms with Crippen LogP contribution in [0.15, 0.2) is 17.8 Å². The number of carbonyl (C=O) groups is 1. The fourth-order valence-electron chi connectivity index (χ4n) is 3.70. The van der Waals surface area contributed by atoms with Gasteiger partial charge < -0.3 is 15.5 Å². The summed E-state index contributed by atoms with van der Waals surface area (Å²) in [7, 11) is 0. The highest BCUT2D eigenvalue weighted by Crippen LogP contribution is 2.32. The molecule has 130 valence electrons. The van der Waals surface area contributed by atoms with Crippen LogP contribution in [-0.2, 0) is 4.79 Å². The second-order valence-electron chi connectivity index (χ2n) is 6.37. The molecule has 0 bridgehead atoms. The number of fused-ring (bicyclic) bond motifs is 1. The number of anilines is 1. The van der Waals surface area contributed by atoms with Crippen LogP contribution in [0.1, 0.15) is 25.7 Å². The molecule has 2 N–H and O–H groups in total. The summed E-state index contributed by atoms with van der Waals surface area (Å²) in [5.74, 6) is 1.10. The van der Waals surface area contributed by atoms with E-state index in [0.717, 1.165) is 54.8 Å². The number of rotatable bonds is 2. The van der Waals surface area contributed by atoms with Gasteiger partial charge in [0.1, 0.15) is 23.0 Å². The molecule has 2 aliphatic heterocycles. The van der Waals surface area contributed by atoms with Crippen LogP contribution in [0.2, 0.25) is 0 Å². The molecule has 4 heterocycles. The predicted octanol–water partition coefficient (Wildman–Crippen LogP) is 2.03. The van der Waals surface area contributed by atoms with Gasteiger partial charge in [0.15, 0.2) is 0 Å². The monoisotopic (exact) mass is 367 g/mol. The summed E-state index contributed by atoms with van der Waals surface area (Å²) in [5.41, 5.74) is 6.04. The fourth-order valence-corrected chi connectivity index (χ4v) is 4.43. The minimum atomic E-state index is -0.113. The molecule has 2 aromatic heterocycles. The minimum absolute atomic E-state index is 0. The number of aromatic nitrogens is 2. The molecule has 8 heteroatoms. The number of halogens is 1. The molecule has 2 saturated heterocycles. The molecule has 0 spiro atoms. The molecular weight excluding hydrogens is 346 g/mol. The molecule has 0 aromatic carbocycles. The second kappa shape index (κ2) is 7.21. The van der Waals surface area contributed by atoms with Gasteiger partial charge in [0.2, 0.25) is 5.91 Å². The number of nitrogens with two attached hydrogens (primary N) is 1. The summed E-state index contributed by atoms with van der Waals surface area (Å²) in [5, 5.41) is 3.08. The van der Waals surface area contributed by atoms with Crippen LogP contribution in [0.5, 0.6) is 0 Å². The van der Waals surface area contributed by atoms with E-state index < -0.39 is 0 Å². The molecule has 0 aliphatic carbocycles. The van der Waals surface area contributed by atoms with Crippen molar-refractivity contribution in [3.63, 3.8) is 0 Å². The van der Waals surface area contributed by atoms with Crippen LogP contribution >= 0.6 is 23.7 Å². The first kappa shape index (κ1) is 17.4. The van der Waals surface area contributed by atoms with Gasteiger partial charge in [0.25, 0.3) is 0 Å². The lowest BCUT2D eigenvalue weighted by Crippen LogP contribution is -2.52. The Balaban J connectivity index is 0.00000169. The Morgan fingerprint density at radius 1 is 1.25 bits per heavy atom. The standard InChI is InChI=1S/C16H21N5OS.ClH/c17-11-3-1-6-20(9-11)16(22)13-4-2-7-21(13)14-12-5-8-23-15(12)19-10-18-14;/h5,8,10-11,13H,1-4,6-7,9,17H2;1H. The summed E-state index contributed by atoms with van der Waals surface area (Å²) < 4.78 is 0. The fraction of sp³-hybridized carbons (Fsp3) is 0.562. The van der Waals surface area contributed by atoms with Gasteiger partial charge in [-0.05, 0) is 37.1 Å². The molecule has 6 nitrogen and oxygen atoms in total. The first-order valence-corrected chi connectivity index (χ1v) is 9.11. The number of carbonyl (C=O) groups excluding carboxylic acids is 1. The Hall–Kier alpha value is -1.44. The number of hydrogen-bond donors (Lipinski definition) is 1. The van der Waals surface area contributed by atoms with Crippen LogP contribution in [0.4, 0.5) is 5.82 Å². The number of likely N-dealkylation sites (tertiary alicyclic amines) is 1. The average Bonchev–Trinajstić information content (AvgIpc) is 3.22. The zero-order valence-electron chi connectivity index (χ0n) is 13.4. The lowest BCUT2D eigenvalue weighted by Gasteiger charge is -2.35. The lowest BCUT2D eigenvalue weighted by molar-refractivity contribution is -0.133.